The summed E-state index contributed by atoms with van der Waals surface area (Å²) in [5.74, 6) is -4.32. The highest BCUT2D eigenvalue weighted by Crippen LogP contribution is 2.42. The van der Waals surface area contributed by atoms with Crippen molar-refractivity contribution in [3.05, 3.63) is 0 Å². The van der Waals surface area contributed by atoms with Gasteiger partial charge in [-0.15, -0.1) is 0 Å². The SMILES string of the molecule is FC(F)(F)C(F)(F)COCC1(CS)CCC1. The molecule has 0 spiro atoms. The lowest BCUT2D eigenvalue weighted by Gasteiger charge is -2.40. The summed E-state index contributed by atoms with van der Waals surface area (Å²) < 4.78 is 64.8. The van der Waals surface area contributed by atoms with Gasteiger partial charge in [0.25, 0.3) is 0 Å². The number of hydrogen-bond donors (Lipinski definition) is 1. The second kappa shape index (κ2) is 4.68. The number of ether oxygens (including phenoxy) is 1. The molecule has 7 heteroatoms. The van der Waals surface area contributed by atoms with Gasteiger partial charge in [-0.1, -0.05) is 6.42 Å². The molecule has 0 atom stereocenters. The second-order valence-electron chi connectivity index (χ2n) is 4.21. The van der Waals surface area contributed by atoms with Crippen LogP contribution in [-0.4, -0.2) is 31.1 Å². The molecule has 0 N–H and O–H groups in total. The molecule has 0 aromatic rings. The van der Waals surface area contributed by atoms with E-state index >= 15 is 0 Å². The summed E-state index contributed by atoms with van der Waals surface area (Å²) in [6, 6.07) is 0. The Morgan fingerprint density at radius 3 is 2.00 bits per heavy atom. The number of halogens is 5. The largest absolute Gasteiger partial charge is 0.455 e. The van der Waals surface area contributed by atoms with Gasteiger partial charge in [0.15, 0.2) is 0 Å². The van der Waals surface area contributed by atoms with E-state index in [1.807, 2.05) is 0 Å². The van der Waals surface area contributed by atoms with Crippen molar-refractivity contribution in [1.82, 2.24) is 0 Å². The first-order chi connectivity index (χ1) is 7.22. The van der Waals surface area contributed by atoms with Crippen LogP contribution in [0.1, 0.15) is 19.3 Å². The topological polar surface area (TPSA) is 9.23 Å². The van der Waals surface area contributed by atoms with Crippen molar-refractivity contribution < 1.29 is 26.7 Å². The molecule has 1 saturated carbocycles. The highest BCUT2D eigenvalue weighted by molar-refractivity contribution is 7.80. The fourth-order valence-corrected chi connectivity index (χ4v) is 1.91. The summed E-state index contributed by atoms with van der Waals surface area (Å²) in [5, 5.41) is 0. The first kappa shape index (κ1) is 14.0. The molecule has 1 rings (SSSR count). The van der Waals surface area contributed by atoms with Gasteiger partial charge in [-0.3, -0.25) is 0 Å². The summed E-state index contributed by atoms with van der Waals surface area (Å²) in [6.45, 7) is -1.69. The number of hydrogen-bond acceptors (Lipinski definition) is 2. The Kier molecular flexibility index (Phi) is 4.10. The highest BCUT2D eigenvalue weighted by Gasteiger charge is 2.57. The van der Waals surface area contributed by atoms with Crippen LogP contribution < -0.4 is 0 Å². The highest BCUT2D eigenvalue weighted by atomic mass is 32.1. The molecular weight excluding hydrogens is 251 g/mol. The van der Waals surface area contributed by atoms with E-state index in [1.54, 1.807) is 0 Å². The average molecular weight is 264 g/mol. The Bertz CT molecular complexity index is 231. The average Bonchev–Trinajstić information content (AvgIpc) is 2.07. The monoisotopic (exact) mass is 264 g/mol. The molecule has 0 amide bonds. The molecule has 1 aliphatic carbocycles. The van der Waals surface area contributed by atoms with Crippen LogP contribution in [0.25, 0.3) is 0 Å². The van der Waals surface area contributed by atoms with Crippen LogP contribution >= 0.6 is 12.6 Å². The minimum atomic E-state index is -5.54. The number of alkyl halides is 5. The Balaban J connectivity index is 2.35. The van der Waals surface area contributed by atoms with Crippen molar-refractivity contribution in [2.45, 2.75) is 31.4 Å². The van der Waals surface area contributed by atoms with Gasteiger partial charge in [0, 0.05) is 5.41 Å². The molecule has 0 aromatic heterocycles. The van der Waals surface area contributed by atoms with Crippen LogP contribution in [0.5, 0.6) is 0 Å². The van der Waals surface area contributed by atoms with Crippen LogP contribution in [0.4, 0.5) is 22.0 Å². The van der Waals surface area contributed by atoms with Crippen molar-refractivity contribution in [2.24, 2.45) is 5.41 Å². The summed E-state index contributed by atoms with van der Waals surface area (Å²) in [6.07, 6.45) is -3.05. The van der Waals surface area contributed by atoms with E-state index in [1.165, 1.54) is 0 Å². The lowest BCUT2D eigenvalue weighted by Crippen LogP contribution is -2.43. The molecule has 1 fully saturated rings. The molecule has 0 radical (unpaired) electrons. The maximum Gasteiger partial charge on any atom is 0.455 e. The van der Waals surface area contributed by atoms with E-state index in [0.29, 0.717) is 5.75 Å². The van der Waals surface area contributed by atoms with E-state index in [9.17, 15) is 22.0 Å². The van der Waals surface area contributed by atoms with E-state index in [4.69, 9.17) is 0 Å². The van der Waals surface area contributed by atoms with Gasteiger partial charge in [0.1, 0.15) is 6.61 Å². The van der Waals surface area contributed by atoms with Gasteiger partial charge in [0.05, 0.1) is 6.61 Å². The zero-order valence-corrected chi connectivity index (χ0v) is 9.38. The second-order valence-corrected chi connectivity index (χ2v) is 4.52. The molecular formula is C9H13F5OS. The van der Waals surface area contributed by atoms with Crippen LogP contribution in [0, 0.1) is 5.41 Å². The molecule has 0 unspecified atom stereocenters. The third kappa shape index (κ3) is 3.00. The Morgan fingerprint density at radius 2 is 1.69 bits per heavy atom. The van der Waals surface area contributed by atoms with E-state index in [-0.39, 0.29) is 12.0 Å². The predicted molar refractivity (Wildman–Crippen MR) is 52.0 cm³/mol. The number of rotatable bonds is 5. The molecule has 96 valence electrons. The third-order valence-electron chi connectivity index (χ3n) is 2.86. The summed E-state index contributed by atoms with van der Waals surface area (Å²) in [4.78, 5) is 0. The molecule has 1 aliphatic rings. The summed E-state index contributed by atoms with van der Waals surface area (Å²) in [7, 11) is 0. The fourth-order valence-electron chi connectivity index (χ4n) is 1.50. The third-order valence-corrected chi connectivity index (χ3v) is 3.53. The summed E-state index contributed by atoms with van der Waals surface area (Å²) >= 11 is 4.05. The van der Waals surface area contributed by atoms with Crippen LogP contribution in [0.3, 0.4) is 0 Å². The molecule has 16 heavy (non-hydrogen) atoms. The molecule has 0 aromatic carbocycles. The quantitative estimate of drug-likeness (QED) is 0.592. The Morgan fingerprint density at radius 1 is 1.12 bits per heavy atom. The normalized spacial score (nSPS) is 20.6. The maximum atomic E-state index is 12.5. The van der Waals surface area contributed by atoms with Crippen molar-refractivity contribution >= 4 is 12.6 Å². The minimum absolute atomic E-state index is 0.0812. The zero-order valence-electron chi connectivity index (χ0n) is 8.49. The van der Waals surface area contributed by atoms with Gasteiger partial charge in [0.2, 0.25) is 0 Å². The van der Waals surface area contributed by atoms with Crippen molar-refractivity contribution in [2.75, 3.05) is 19.0 Å². The van der Waals surface area contributed by atoms with E-state index < -0.39 is 18.7 Å². The molecule has 1 nitrogen and oxygen atoms in total. The predicted octanol–water partition coefficient (Wildman–Crippen LogP) is 3.30. The zero-order chi connectivity index (χ0) is 12.4. The molecule has 0 saturated heterocycles. The molecule has 0 aliphatic heterocycles. The first-order valence-corrected chi connectivity index (χ1v) is 5.49. The Labute approximate surface area is 95.7 Å². The lowest BCUT2D eigenvalue weighted by atomic mass is 9.71. The van der Waals surface area contributed by atoms with Crippen molar-refractivity contribution in [1.29, 1.82) is 0 Å². The summed E-state index contributed by atoms with van der Waals surface area (Å²) in [5.41, 5.74) is -0.301. The Hall–Kier alpha value is -0.0400. The lowest BCUT2D eigenvalue weighted by molar-refractivity contribution is -0.298. The molecule has 0 bridgehead atoms. The van der Waals surface area contributed by atoms with Crippen LogP contribution in [0.2, 0.25) is 0 Å². The molecule has 0 heterocycles. The maximum absolute atomic E-state index is 12.5. The van der Waals surface area contributed by atoms with Gasteiger partial charge in [-0.2, -0.15) is 34.6 Å². The fraction of sp³-hybridized carbons (Fsp3) is 1.00. The van der Waals surface area contributed by atoms with Gasteiger partial charge in [-0.25, -0.2) is 0 Å². The van der Waals surface area contributed by atoms with Crippen LogP contribution in [-0.2, 0) is 4.74 Å². The number of thiol groups is 1. The minimum Gasteiger partial charge on any atom is -0.374 e. The van der Waals surface area contributed by atoms with Crippen molar-refractivity contribution in [3.8, 4) is 0 Å². The van der Waals surface area contributed by atoms with Crippen molar-refractivity contribution in [3.63, 3.8) is 0 Å². The van der Waals surface area contributed by atoms with Gasteiger partial charge >= 0.3 is 12.1 Å². The van der Waals surface area contributed by atoms with E-state index in [0.717, 1.165) is 19.3 Å². The van der Waals surface area contributed by atoms with Gasteiger partial charge in [-0.05, 0) is 18.6 Å². The standard InChI is InChI=1S/C9H13F5OS/c10-8(11,9(12,13)14)5-15-4-7(6-16)2-1-3-7/h16H,1-6H2. The smallest absolute Gasteiger partial charge is 0.374 e. The van der Waals surface area contributed by atoms with Gasteiger partial charge < -0.3 is 4.74 Å². The first-order valence-electron chi connectivity index (χ1n) is 4.86. The van der Waals surface area contributed by atoms with E-state index in [2.05, 4.69) is 17.4 Å². The van der Waals surface area contributed by atoms with Crippen LogP contribution in [0.15, 0.2) is 0 Å².